The molecule has 1 N–H and O–H groups in total. The number of benzene rings is 1. The maximum atomic E-state index is 12.5. The fourth-order valence-corrected chi connectivity index (χ4v) is 4.30. The van der Waals surface area contributed by atoms with Crippen molar-refractivity contribution in [3.05, 3.63) is 17.2 Å². The molecule has 9 heteroatoms. The molecule has 2 aliphatic heterocycles. The monoisotopic (exact) mass is 412 g/mol. The number of thioether (sulfide) groups is 1. The van der Waals surface area contributed by atoms with Gasteiger partial charge in [-0.1, -0.05) is 30.3 Å². The minimum absolute atomic E-state index is 0.0904. The second-order valence-electron chi connectivity index (χ2n) is 6.55. The predicted molar refractivity (Wildman–Crippen MR) is 111 cm³/mol. The molecule has 0 aliphatic carbocycles. The van der Waals surface area contributed by atoms with E-state index in [0.717, 1.165) is 37.9 Å². The molecule has 0 bridgehead atoms. The molecule has 1 fully saturated rings. The van der Waals surface area contributed by atoms with Gasteiger partial charge in [-0.2, -0.15) is 0 Å². The summed E-state index contributed by atoms with van der Waals surface area (Å²) in [7, 11) is 3.07. The van der Waals surface area contributed by atoms with Gasteiger partial charge in [-0.25, -0.2) is 0 Å². The van der Waals surface area contributed by atoms with Gasteiger partial charge in [0.1, 0.15) is 11.5 Å². The van der Waals surface area contributed by atoms with Gasteiger partial charge in [-0.3, -0.25) is 14.7 Å². The zero-order valence-corrected chi connectivity index (χ0v) is 17.4. The second-order valence-corrected chi connectivity index (χ2v) is 8.36. The van der Waals surface area contributed by atoms with E-state index in [1.165, 1.54) is 14.2 Å². The third-order valence-electron chi connectivity index (χ3n) is 4.55. The lowest BCUT2D eigenvalue weighted by Crippen LogP contribution is -2.49. The smallest absolute Gasteiger partial charge is 0.238 e. The van der Waals surface area contributed by atoms with E-state index in [1.807, 2.05) is 11.8 Å². The number of carbonyl (C=O) groups is 1. The maximum Gasteiger partial charge on any atom is 0.238 e. The van der Waals surface area contributed by atoms with Crippen LogP contribution >= 0.6 is 23.4 Å². The fourth-order valence-electron chi connectivity index (χ4n) is 3.08. The van der Waals surface area contributed by atoms with Crippen LogP contribution in [0.15, 0.2) is 17.1 Å². The van der Waals surface area contributed by atoms with E-state index < -0.39 is 0 Å². The van der Waals surface area contributed by atoms with Crippen LogP contribution in [0.1, 0.15) is 6.92 Å². The van der Waals surface area contributed by atoms with E-state index in [2.05, 4.69) is 27.0 Å². The zero-order chi connectivity index (χ0) is 19.4. The average molecular weight is 413 g/mol. The summed E-state index contributed by atoms with van der Waals surface area (Å²) < 4.78 is 10.5. The molecule has 0 radical (unpaired) electrons. The molecule has 27 heavy (non-hydrogen) atoms. The summed E-state index contributed by atoms with van der Waals surface area (Å²) in [5.41, 5.74) is 0.549. The number of methoxy groups -OCH3 is 2. The molecule has 3 rings (SSSR count). The SMILES string of the molecule is COc1cc(NC(=O)CN2CCN(C3=NCC(C)S3)CC2)c(OC)cc1Cl. The zero-order valence-electron chi connectivity index (χ0n) is 15.8. The minimum atomic E-state index is -0.0904. The maximum absolute atomic E-state index is 12.5. The first-order valence-corrected chi connectivity index (χ1v) is 10.2. The number of ether oxygens (including phenoxy) is 2. The van der Waals surface area contributed by atoms with E-state index in [4.69, 9.17) is 21.1 Å². The number of anilines is 1. The van der Waals surface area contributed by atoms with Gasteiger partial charge in [-0.05, 0) is 0 Å². The summed E-state index contributed by atoms with van der Waals surface area (Å²) >= 11 is 7.95. The van der Waals surface area contributed by atoms with Gasteiger partial charge in [0.15, 0.2) is 5.17 Å². The number of aliphatic imine (C=N–C) groups is 1. The molecule has 148 valence electrons. The number of amidine groups is 1. The molecule has 0 aromatic heterocycles. The Morgan fingerprint density at radius 2 is 1.96 bits per heavy atom. The predicted octanol–water partition coefficient (Wildman–Crippen LogP) is 2.40. The van der Waals surface area contributed by atoms with Crippen LogP contribution < -0.4 is 14.8 Å². The van der Waals surface area contributed by atoms with Gasteiger partial charge >= 0.3 is 0 Å². The van der Waals surface area contributed by atoms with Crippen LogP contribution in [0.4, 0.5) is 5.69 Å². The van der Waals surface area contributed by atoms with Gasteiger partial charge in [0, 0.05) is 43.6 Å². The minimum Gasteiger partial charge on any atom is -0.495 e. The van der Waals surface area contributed by atoms with E-state index >= 15 is 0 Å². The molecule has 2 heterocycles. The molecular weight excluding hydrogens is 388 g/mol. The summed E-state index contributed by atoms with van der Waals surface area (Å²) in [6.07, 6.45) is 0. The first kappa shape index (κ1) is 20.1. The lowest BCUT2D eigenvalue weighted by Gasteiger charge is -2.35. The standard InChI is InChI=1S/C18H25ClN4O3S/c1-12-10-20-18(27-12)23-6-4-22(5-7-23)11-17(24)21-14-9-15(25-2)13(19)8-16(14)26-3/h8-9,12H,4-7,10-11H2,1-3H3,(H,21,24). The molecule has 7 nitrogen and oxygen atoms in total. The molecule has 1 saturated heterocycles. The Hall–Kier alpha value is -1.64. The van der Waals surface area contributed by atoms with Crippen molar-refractivity contribution in [1.29, 1.82) is 0 Å². The van der Waals surface area contributed by atoms with Crippen LogP contribution in [0, 0.1) is 0 Å². The molecule has 1 amide bonds. The summed E-state index contributed by atoms with van der Waals surface area (Å²) in [6, 6.07) is 3.31. The number of amides is 1. The van der Waals surface area contributed by atoms with E-state index in [0.29, 0.717) is 34.0 Å². The summed E-state index contributed by atoms with van der Waals surface area (Å²) in [6.45, 7) is 6.88. The topological polar surface area (TPSA) is 66.4 Å². The van der Waals surface area contributed by atoms with Crippen LogP contribution in [0.5, 0.6) is 11.5 Å². The highest BCUT2D eigenvalue weighted by Gasteiger charge is 2.25. The Kier molecular flexibility index (Phi) is 6.73. The van der Waals surface area contributed by atoms with Crippen molar-refractivity contribution < 1.29 is 14.3 Å². The normalized spacial score (nSPS) is 20.4. The van der Waals surface area contributed by atoms with Crippen molar-refractivity contribution >= 4 is 40.1 Å². The Morgan fingerprint density at radius 1 is 1.26 bits per heavy atom. The van der Waals surface area contributed by atoms with Crippen LogP contribution in [0.3, 0.4) is 0 Å². The lowest BCUT2D eigenvalue weighted by atomic mass is 10.2. The van der Waals surface area contributed by atoms with Crippen molar-refractivity contribution in [1.82, 2.24) is 9.80 Å². The van der Waals surface area contributed by atoms with Crippen molar-refractivity contribution in [2.75, 3.05) is 58.8 Å². The molecule has 1 atom stereocenters. The second kappa shape index (κ2) is 9.03. The van der Waals surface area contributed by atoms with Gasteiger partial charge < -0.3 is 19.7 Å². The van der Waals surface area contributed by atoms with E-state index in [9.17, 15) is 4.79 Å². The lowest BCUT2D eigenvalue weighted by molar-refractivity contribution is -0.117. The number of carbonyl (C=O) groups excluding carboxylic acids is 1. The van der Waals surface area contributed by atoms with Crippen LogP contribution in [0.2, 0.25) is 5.02 Å². The number of piperazine rings is 1. The highest BCUT2D eigenvalue weighted by molar-refractivity contribution is 8.14. The number of hydrogen-bond acceptors (Lipinski definition) is 7. The number of rotatable bonds is 5. The Morgan fingerprint density at radius 3 is 2.56 bits per heavy atom. The first-order valence-electron chi connectivity index (χ1n) is 8.90. The summed E-state index contributed by atoms with van der Waals surface area (Å²) in [5, 5.41) is 5.04. The fraction of sp³-hybridized carbons (Fsp3) is 0.556. The van der Waals surface area contributed by atoms with Gasteiger partial charge in [0.25, 0.3) is 0 Å². The Labute approximate surface area is 169 Å². The Bertz CT molecular complexity index is 723. The quantitative estimate of drug-likeness (QED) is 0.801. The average Bonchev–Trinajstić information content (AvgIpc) is 3.09. The van der Waals surface area contributed by atoms with E-state index in [1.54, 1.807) is 12.1 Å². The number of nitrogens with zero attached hydrogens (tertiary/aromatic N) is 3. The Balaban J connectivity index is 1.53. The highest BCUT2D eigenvalue weighted by Crippen LogP contribution is 2.35. The van der Waals surface area contributed by atoms with Gasteiger partial charge in [-0.15, -0.1) is 0 Å². The third-order valence-corrected chi connectivity index (χ3v) is 5.99. The molecule has 1 aromatic rings. The number of nitrogens with one attached hydrogen (secondary N) is 1. The molecular formula is C18H25ClN4O3S. The molecule has 0 spiro atoms. The largest absolute Gasteiger partial charge is 0.495 e. The number of halogens is 1. The van der Waals surface area contributed by atoms with Crippen LogP contribution in [0.25, 0.3) is 0 Å². The highest BCUT2D eigenvalue weighted by atomic mass is 35.5. The van der Waals surface area contributed by atoms with Gasteiger partial charge in [0.2, 0.25) is 5.91 Å². The van der Waals surface area contributed by atoms with E-state index in [-0.39, 0.29) is 5.91 Å². The van der Waals surface area contributed by atoms with Crippen LogP contribution in [-0.4, -0.2) is 79.6 Å². The molecule has 1 unspecified atom stereocenters. The third kappa shape index (κ3) is 5.00. The van der Waals surface area contributed by atoms with Crippen molar-refractivity contribution in [2.24, 2.45) is 4.99 Å². The first-order chi connectivity index (χ1) is 13.0. The summed E-state index contributed by atoms with van der Waals surface area (Å²) in [4.78, 5) is 21.5. The number of hydrogen-bond donors (Lipinski definition) is 1. The summed E-state index contributed by atoms with van der Waals surface area (Å²) in [5.74, 6) is 0.905. The van der Waals surface area contributed by atoms with Crippen LogP contribution in [-0.2, 0) is 4.79 Å². The van der Waals surface area contributed by atoms with Crippen molar-refractivity contribution in [3.8, 4) is 11.5 Å². The van der Waals surface area contributed by atoms with Gasteiger partial charge in [0.05, 0.1) is 38.0 Å². The van der Waals surface area contributed by atoms with Crippen molar-refractivity contribution in [3.63, 3.8) is 0 Å². The molecule has 2 aliphatic rings. The van der Waals surface area contributed by atoms with Crippen molar-refractivity contribution in [2.45, 2.75) is 12.2 Å². The molecule has 0 saturated carbocycles. The molecule has 1 aromatic carbocycles.